The monoisotopic (exact) mass is 380 g/mol. The molecule has 0 radical (unpaired) electrons. The van der Waals surface area contributed by atoms with Crippen molar-refractivity contribution in [2.24, 2.45) is 10.1 Å². The number of thioether (sulfide) groups is 1. The van der Waals surface area contributed by atoms with E-state index in [1.807, 2.05) is 32.1 Å². The van der Waals surface area contributed by atoms with Gasteiger partial charge in [0.2, 0.25) is 0 Å². The molecule has 1 aliphatic heterocycles. The van der Waals surface area contributed by atoms with Crippen LogP contribution in [0, 0.1) is 0 Å². The summed E-state index contributed by atoms with van der Waals surface area (Å²) >= 11 is 5.60. The predicted molar refractivity (Wildman–Crippen MR) is 101 cm³/mol. The highest BCUT2D eigenvalue weighted by atomic mass is 79.9. The van der Waals surface area contributed by atoms with E-state index in [0.29, 0.717) is 16.1 Å². The first kappa shape index (κ1) is 15.9. The minimum Gasteiger partial charge on any atom is -0.378 e. The average Bonchev–Trinajstić information content (AvgIpc) is 2.92. The molecule has 0 spiro atoms. The van der Waals surface area contributed by atoms with Crippen molar-refractivity contribution in [3.05, 3.63) is 29.8 Å². The first-order valence-electron chi connectivity index (χ1n) is 7.58. The molecule has 118 valence electrons. The van der Waals surface area contributed by atoms with Crippen molar-refractivity contribution in [1.29, 1.82) is 0 Å². The van der Waals surface area contributed by atoms with Gasteiger partial charge in [-0.3, -0.25) is 10.4 Å². The van der Waals surface area contributed by atoms with Gasteiger partial charge in [-0.05, 0) is 30.5 Å². The van der Waals surface area contributed by atoms with Crippen LogP contribution in [-0.2, 0) is 0 Å². The van der Waals surface area contributed by atoms with Crippen LogP contribution in [0.25, 0.3) is 0 Å². The molecular formula is C16H21BrN4S. The molecular weight excluding hydrogens is 360 g/mol. The van der Waals surface area contributed by atoms with Gasteiger partial charge in [-0.1, -0.05) is 46.2 Å². The Morgan fingerprint density at radius 1 is 1.32 bits per heavy atom. The van der Waals surface area contributed by atoms with E-state index >= 15 is 0 Å². The van der Waals surface area contributed by atoms with Gasteiger partial charge in [0, 0.05) is 29.9 Å². The largest absolute Gasteiger partial charge is 0.378 e. The first-order valence-corrected chi connectivity index (χ1v) is 9.38. The summed E-state index contributed by atoms with van der Waals surface area (Å²) in [4.78, 5) is 7.40. The Kier molecular flexibility index (Phi) is 5.08. The number of amidine groups is 1. The number of alkyl halides is 1. The van der Waals surface area contributed by atoms with Crippen molar-refractivity contribution in [2.75, 3.05) is 19.0 Å². The average molecular weight is 381 g/mol. The van der Waals surface area contributed by atoms with Crippen LogP contribution in [0.4, 0.5) is 5.69 Å². The number of hydrogen-bond donors (Lipinski definition) is 1. The summed E-state index contributed by atoms with van der Waals surface area (Å²) < 4.78 is 0. The summed E-state index contributed by atoms with van der Waals surface area (Å²) in [6.07, 6.45) is 5.55. The number of benzene rings is 1. The summed E-state index contributed by atoms with van der Waals surface area (Å²) in [5.74, 6) is 0. The van der Waals surface area contributed by atoms with Crippen molar-refractivity contribution in [2.45, 2.75) is 35.4 Å². The number of hydrazone groups is 1. The van der Waals surface area contributed by atoms with Crippen molar-refractivity contribution in [3.63, 3.8) is 0 Å². The Labute approximate surface area is 144 Å². The fourth-order valence-electron chi connectivity index (χ4n) is 2.77. The number of anilines is 1. The van der Waals surface area contributed by atoms with Gasteiger partial charge in [-0.15, -0.1) is 0 Å². The zero-order valence-electron chi connectivity index (χ0n) is 12.9. The van der Waals surface area contributed by atoms with E-state index in [1.165, 1.54) is 24.9 Å². The molecule has 0 aromatic heterocycles. The van der Waals surface area contributed by atoms with Gasteiger partial charge in [-0.25, -0.2) is 0 Å². The van der Waals surface area contributed by atoms with Gasteiger partial charge >= 0.3 is 0 Å². The number of hydrogen-bond acceptors (Lipinski definition) is 5. The van der Waals surface area contributed by atoms with Gasteiger partial charge in [0.05, 0.1) is 12.3 Å². The van der Waals surface area contributed by atoms with E-state index in [2.05, 4.69) is 55.6 Å². The maximum absolute atomic E-state index is 4.75. The van der Waals surface area contributed by atoms with E-state index in [1.54, 1.807) is 0 Å². The second-order valence-electron chi connectivity index (χ2n) is 5.89. The molecule has 0 amide bonds. The van der Waals surface area contributed by atoms with Crippen molar-refractivity contribution < 1.29 is 0 Å². The van der Waals surface area contributed by atoms with Crippen LogP contribution in [0.1, 0.15) is 24.8 Å². The number of rotatable bonds is 3. The lowest BCUT2D eigenvalue weighted by Gasteiger charge is -2.27. The summed E-state index contributed by atoms with van der Waals surface area (Å²) in [6, 6.07) is 8.76. The fourth-order valence-corrected chi connectivity index (χ4v) is 4.96. The molecule has 1 aromatic carbocycles. The molecule has 3 atom stereocenters. The van der Waals surface area contributed by atoms with Crippen molar-refractivity contribution in [1.82, 2.24) is 5.43 Å². The standard InChI is InChI=1S/C16H21BrN4S/c1-21(2)12-8-6-11(7-9-12)10-18-20-16-19-14-5-3-4-13(17)15(14)22-16/h6-10,13-15H,3-5H2,1-2H3,(H,19,20)/b18-10-/t13-,14-,15-/m0/s1. The zero-order chi connectivity index (χ0) is 15.5. The summed E-state index contributed by atoms with van der Waals surface area (Å²) in [5.41, 5.74) is 5.36. The van der Waals surface area contributed by atoms with E-state index in [0.717, 1.165) is 10.7 Å². The van der Waals surface area contributed by atoms with Gasteiger partial charge in [0.1, 0.15) is 0 Å². The maximum atomic E-state index is 4.75. The molecule has 0 bridgehead atoms. The fraction of sp³-hybridized carbons (Fsp3) is 0.500. The Bertz CT molecular complexity index is 570. The third kappa shape index (κ3) is 3.66. The Morgan fingerprint density at radius 2 is 2.09 bits per heavy atom. The maximum Gasteiger partial charge on any atom is 0.177 e. The Balaban J connectivity index is 1.56. The number of nitrogens with zero attached hydrogens (tertiary/aromatic N) is 3. The number of halogens is 1. The second-order valence-corrected chi connectivity index (χ2v) is 8.23. The molecule has 1 aromatic rings. The lowest BCUT2D eigenvalue weighted by atomic mass is 9.95. The molecule has 6 heteroatoms. The number of aliphatic imine (C=N–C) groups is 1. The molecule has 1 saturated carbocycles. The summed E-state index contributed by atoms with van der Waals surface area (Å²) in [6.45, 7) is 0. The third-order valence-corrected chi connectivity index (χ3v) is 6.74. The molecule has 0 saturated heterocycles. The van der Waals surface area contributed by atoms with Crippen molar-refractivity contribution >= 4 is 44.8 Å². The lowest BCUT2D eigenvalue weighted by molar-refractivity contribution is 0.475. The number of fused-ring (bicyclic) bond motifs is 1. The Morgan fingerprint density at radius 3 is 2.77 bits per heavy atom. The van der Waals surface area contributed by atoms with Crippen LogP contribution < -0.4 is 10.3 Å². The Hall–Kier alpha value is -1.01. The van der Waals surface area contributed by atoms with Crippen molar-refractivity contribution in [3.8, 4) is 0 Å². The van der Waals surface area contributed by atoms with Gasteiger partial charge in [0.15, 0.2) is 5.17 Å². The number of nitrogens with one attached hydrogen (secondary N) is 1. The second kappa shape index (κ2) is 7.04. The molecule has 1 heterocycles. The van der Waals surface area contributed by atoms with E-state index in [-0.39, 0.29) is 0 Å². The van der Waals surface area contributed by atoms with Gasteiger partial charge in [0.25, 0.3) is 0 Å². The molecule has 4 nitrogen and oxygen atoms in total. The van der Waals surface area contributed by atoms with Crippen LogP contribution in [0.3, 0.4) is 0 Å². The zero-order valence-corrected chi connectivity index (χ0v) is 15.3. The molecule has 22 heavy (non-hydrogen) atoms. The minimum atomic E-state index is 0.445. The highest BCUT2D eigenvalue weighted by Gasteiger charge is 2.37. The lowest BCUT2D eigenvalue weighted by Crippen LogP contribution is -2.31. The van der Waals surface area contributed by atoms with E-state index < -0.39 is 0 Å². The van der Waals surface area contributed by atoms with Crippen LogP contribution in [0.5, 0.6) is 0 Å². The molecule has 1 N–H and O–H groups in total. The summed E-state index contributed by atoms with van der Waals surface area (Å²) in [7, 11) is 4.08. The molecule has 1 fully saturated rings. The normalized spacial score (nSPS) is 27.6. The van der Waals surface area contributed by atoms with Crippen LogP contribution in [0.2, 0.25) is 0 Å². The van der Waals surface area contributed by atoms with Crippen LogP contribution in [-0.4, -0.2) is 41.6 Å². The van der Waals surface area contributed by atoms with Crippen LogP contribution >= 0.6 is 27.7 Å². The predicted octanol–water partition coefficient (Wildman–Crippen LogP) is 3.46. The highest BCUT2D eigenvalue weighted by Crippen LogP contribution is 2.39. The molecule has 1 aliphatic carbocycles. The first-order chi connectivity index (χ1) is 10.6. The topological polar surface area (TPSA) is 40.0 Å². The van der Waals surface area contributed by atoms with Gasteiger partial charge in [-0.2, -0.15) is 5.10 Å². The molecule has 2 aliphatic rings. The van der Waals surface area contributed by atoms with Crippen LogP contribution in [0.15, 0.2) is 34.4 Å². The highest BCUT2D eigenvalue weighted by molar-refractivity contribution is 9.09. The minimum absolute atomic E-state index is 0.445. The quantitative estimate of drug-likeness (QED) is 0.495. The SMILES string of the molecule is CN(C)c1ccc(/C=N\NC2=N[C@H]3CCC[C@H](Br)[C@@H]3S2)cc1. The molecule has 0 unspecified atom stereocenters. The van der Waals surface area contributed by atoms with Gasteiger partial charge < -0.3 is 4.90 Å². The van der Waals surface area contributed by atoms with E-state index in [9.17, 15) is 0 Å². The van der Waals surface area contributed by atoms with E-state index in [4.69, 9.17) is 4.99 Å². The smallest absolute Gasteiger partial charge is 0.177 e. The third-order valence-electron chi connectivity index (χ3n) is 4.03. The molecule has 3 rings (SSSR count). The summed E-state index contributed by atoms with van der Waals surface area (Å²) in [5, 5.41) is 5.83.